The Labute approximate surface area is 65.4 Å². The molecule has 0 aromatic heterocycles. The Morgan fingerprint density at radius 3 is 1.82 bits per heavy atom. The van der Waals surface area contributed by atoms with Crippen molar-refractivity contribution in [1.82, 2.24) is 5.06 Å². The second-order valence-electron chi connectivity index (χ2n) is 2.35. The van der Waals surface area contributed by atoms with Crippen molar-refractivity contribution in [2.75, 3.05) is 13.1 Å². The molecule has 0 aliphatic carbocycles. The highest BCUT2D eigenvalue weighted by Gasteiger charge is 2.04. The molecule has 0 radical (unpaired) electrons. The van der Waals surface area contributed by atoms with Gasteiger partial charge < -0.3 is 16.0 Å². The maximum atomic E-state index is 8.78. The van der Waals surface area contributed by atoms with Crippen molar-refractivity contribution in [3.63, 3.8) is 0 Å². The third-order valence-corrected chi connectivity index (χ3v) is 1.33. The maximum Gasteiger partial charge on any atom is 0.402 e. The highest BCUT2D eigenvalue weighted by molar-refractivity contribution is 5.61. The predicted octanol–water partition coefficient (Wildman–Crippen LogP) is 0.485. The molecular weight excluding hydrogens is 148 g/mol. The summed E-state index contributed by atoms with van der Waals surface area (Å²) in [6.45, 7) is 1.75. The Hall–Kier alpha value is -0.810. The van der Waals surface area contributed by atoms with Crippen LogP contribution in [-0.2, 0) is 0 Å². The fourth-order valence-corrected chi connectivity index (χ4v) is 0.877. The molecule has 0 unspecified atom stereocenters. The van der Waals surface area contributed by atoms with Crippen molar-refractivity contribution in [2.24, 2.45) is 5.73 Å². The van der Waals surface area contributed by atoms with Crippen LogP contribution in [0.25, 0.3) is 0 Å². The molecule has 4 N–H and O–H groups in total. The van der Waals surface area contributed by atoms with Gasteiger partial charge in [-0.15, -0.1) is 0 Å². The molecule has 0 aromatic carbocycles. The van der Waals surface area contributed by atoms with Gasteiger partial charge in [-0.1, -0.05) is 6.42 Å². The quantitative estimate of drug-likeness (QED) is 0.483. The van der Waals surface area contributed by atoms with Crippen LogP contribution in [-0.4, -0.2) is 34.6 Å². The Morgan fingerprint density at radius 1 is 1.27 bits per heavy atom. The van der Waals surface area contributed by atoms with Crippen LogP contribution in [0.4, 0.5) is 4.79 Å². The zero-order valence-corrected chi connectivity index (χ0v) is 6.36. The fraction of sp³-hybridized carbons (Fsp3) is 0.833. The van der Waals surface area contributed by atoms with E-state index >= 15 is 0 Å². The topological polar surface area (TPSA) is 86.8 Å². The largest absolute Gasteiger partial charge is 0.465 e. The van der Waals surface area contributed by atoms with Gasteiger partial charge in [0.05, 0.1) is 0 Å². The molecule has 1 fully saturated rings. The van der Waals surface area contributed by atoms with Crippen molar-refractivity contribution >= 4 is 6.09 Å². The number of amides is 1. The highest BCUT2D eigenvalue weighted by atomic mass is 16.5. The zero-order chi connectivity index (χ0) is 8.69. The van der Waals surface area contributed by atoms with Crippen LogP contribution >= 0.6 is 0 Å². The van der Waals surface area contributed by atoms with Crippen molar-refractivity contribution in [1.29, 1.82) is 0 Å². The predicted molar refractivity (Wildman–Crippen MR) is 39.4 cm³/mol. The Bertz CT molecular complexity index is 108. The van der Waals surface area contributed by atoms with Crippen LogP contribution in [0.3, 0.4) is 0 Å². The summed E-state index contributed by atoms with van der Waals surface area (Å²) in [5.41, 5.74) is 4.03. The Morgan fingerprint density at radius 2 is 1.64 bits per heavy atom. The van der Waals surface area contributed by atoms with Crippen LogP contribution in [0.1, 0.15) is 19.3 Å². The molecule has 0 spiro atoms. The first-order chi connectivity index (χ1) is 5.13. The van der Waals surface area contributed by atoms with Gasteiger partial charge in [0.25, 0.3) is 0 Å². The molecule has 0 atom stereocenters. The fourth-order valence-electron chi connectivity index (χ4n) is 0.877. The highest BCUT2D eigenvalue weighted by Crippen LogP contribution is 2.04. The van der Waals surface area contributed by atoms with E-state index in [0.29, 0.717) is 0 Å². The van der Waals surface area contributed by atoms with E-state index < -0.39 is 6.09 Å². The van der Waals surface area contributed by atoms with E-state index in [1.807, 2.05) is 0 Å². The molecule has 1 amide bonds. The standard InChI is InChI=1S/C5H11NO.CH3NO2/c7-6-4-2-1-3-5-6;2-1(3)4/h7H,1-5H2;2H2,(H,3,4). The lowest BCUT2D eigenvalue weighted by Crippen LogP contribution is -2.25. The summed E-state index contributed by atoms with van der Waals surface area (Å²) in [5.74, 6) is 0. The van der Waals surface area contributed by atoms with Crippen molar-refractivity contribution in [3.8, 4) is 0 Å². The molecule has 0 saturated carbocycles. The van der Waals surface area contributed by atoms with E-state index in [4.69, 9.17) is 15.1 Å². The number of piperidine rings is 1. The van der Waals surface area contributed by atoms with Crippen LogP contribution < -0.4 is 5.73 Å². The Balaban J connectivity index is 0.000000218. The van der Waals surface area contributed by atoms with Gasteiger partial charge in [-0.25, -0.2) is 4.79 Å². The van der Waals surface area contributed by atoms with Gasteiger partial charge in [0.1, 0.15) is 0 Å². The third-order valence-electron chi connectivity index (χ3n) is 1.33. The van der Waals surface area contributed by atoms with E-state index in [1.165, 1.54) is 11.5 Å². The minimum atomic E-state index is -1.33. The van der Waals surface area contributed by atoms with Crippen LogP contribution in [0.5, 0.6) is 0 Å². The van der Waals surface area contributed by atoms with Crippen LogP contribution in [0, 0.1) is 0 Å². The lowest BCUT2D eigenvalue weighted by atomic mass is 10.2. The number of carbonyl (C=O) groups is 1. The Kier molecular flexibility index (Phi) is 5.50. The van der Waals surface area contributed by atoms with Gasteiger partial charge in [0.2, 0.25) is 0 Å². The SMILES string of the molecule is NC(=O)O.ON1CCCCC1. The normalized spacial score (nSPS) is 18.3. The summed E-state index contributed by atoms with van der Waals surface area (Å²) in [5, 5.41) is 17.3. The zero-order valence-electron chi connectivity index (χ0n) is 6.36. The lowest BCUT2D eigenvalue weighted by Gasteiger charge is -2.18. The number of nitrogens with two attached hydrogens (primary N) is 1. The van der Waals surface area contributed by atoms with Crippen molar-refractivity contribution in [2.45, 2.75) is 19.3 Å². The lowest BCUT2D eigenvalue weighted by molar-refractivity contribution is -0.103. The number of nitrogens with zero attached hydrogens (tertiary/aromatic N) is 1. The summed E-state index contributed by atoms with van der Waals surface area (Å²) in [4.78, 5) is 8.78. The second kappa shape index (κ2) is 5.94. The molecule has 0 aromatic rings. The van der Waals surface area contributed by atoms with Gasteiger partial charge >= 0.3 is 6.09 Å². The molecule has 1 aliphatic rings. The van der Waals surface area contributed by atoms with Gasteiger partial charge in [-0.2, -0.15) is 5.06 Å². The average Bonchev–Trinajstić information content (AvgIpc) is 1.87. The molecule has 1 aliphatic heterocycles. The summed E-state index contributed by atoms with van der Waals surface area (Å²) in [6, 6.07) is 0. The molecule has 1 heterocycles. The van der Waals surface area contributed by atoms with E-state index in [-0.39, 0.29) is 0 Å². The molecule has 66 valence electrons. The monoisotopic (exact) mass is 162 g/mol. The molecule has 5 heteroatoms. The first-order valence-electron chi connectivity index (χ1n) is 3.55. The van der Waals surface area contributed by atoms with Gasteiger partial charge in [-0.05, 0) is 12.8 Å². The van der Waals surface area contributed by atoms with E-state index in [0.717, 1.165) is 25.9 Å². The number of hydrogen-bond acceptors (Lipinski definition) is 3. The summed E-state index contributed by atoms with van der Waals surface area (Å²) >= 11 is 0. The second-order valence-corrected chi connectivity index (χ2v) is 2.35. The van der Waals surface area contributed by atoms with Crippen molar-refractivity contribution < 1.29 is 15.1 Å². The van der Waals surface area contributed by atoms with Crippen molar-refractivity contribution in [3.05, 3.63) is 0 Å². The molecule has 11 heavy (non-hydrogen) atoms. The summed E-state index contributed by atoms with van der Waals surface area (Å²) in [6.07, 6.45) is 2.28. The van der Waals surface area contributed by atoms with Crippen LogP contribution in [0.15, 0.2) is 0 Å². The first-order valence-corrected chi connectivity index (χ1v) is 3.55. The summed E-state index contributed by atoms with van der Waals surface area (Å²) < 4.78 is 0. The van der Waals surface area contributed by atoms with E-state index in [1.54, 1.807) is 0 Å². The molecule has 5 nitrogen and oxygen atoms in total. The molecular formula is C6H14N2O3. The minimum absolute atomic E-state index is 0.875. The number of rotatable bonds is 0. The van der Waals surface area contributed by atoms with E-state index in [9.17, 15) is 0 Å². The summed E-state index contributed by atoms with van der Waals surface area (Å²) in [7, 11) is 0. The van der Waals surface area contributed by atoms with Gasteiger partial charge in [0, 0.05) is 13.1 Å². The maximum absolute atomic E-state index is 8.78. The molecule has 1 saturated heterocycles. The van der Waals surface area contributed by atoms with E-state index in [2.05, 4.69) is 5.73 Å². The van der Waals surface area contributed by atoms with Gasteiger partial charge in [0.15, 0.2) is 0 Å². The first kappa shape index (κ1) is 10.2. The minimum Gasteiger partial charge on any atom is -0.465 e. The molecule has 0 bridgehead atoms. The van der Waals surface area contributed by atoms with Gasteiger partial charge in [-0.3, -0.25) is 0 Å². The smallest absolute Gasteiger partial charge is 0.402 e. The molecule has 1 rings (SSSR count). The number of primary amides is 1. The third kappa shape index (κ3) is 9.19. The van der Waals surface area contributed by atoms with Crippen LogP contribution in [0.2, 0.25) is 0 Å². The average molecular weight is 162 g/mol. The number of carboxylic acid groups (broad SMARTS) is 1. The number of hydroxylamine groups is 2. The number of hydrogen-bond donors (Lipinski definition) is 3.